The number of ether oxygens (including phenoxy) is 2. The van der Waals surface area contributed by atoms with Crippen LogP contribution in [0.15, 0.2) is 27.1 Å². The summed E-state index contributed by atoms with van der Waals surface area (Å²) in [5.41, 5.74) is -0.439. The predicted octanol–water partition coefficient (Wildman–Crippen LogP) is 5.24. The Balaban J connectivity index is 1.77. The summed E-state index contributed by atoms with van der Waals surface area (Å²) in [6.45, 7) is 7.80. The molecule has 1 aromatic rings. The molecule has 1 aliphatic heterocycles. The van der Waals surface area contributed by atoms with Crippen LogP contribution in [0.1, 0.15) is 33.6 Å². The summed E-state index contributed by atoms with van der Waals surface area (Å²) in [6.07, 6.45) is 1.66. The molecular weight excluding hydrogens is 426 g/mol. The molecule has 0 atom stereocenters. The van der Waals surface area contributed by atoms with E-state index in [4.69, 9.17) is 9.47 Å². The third-order valence-electron chi connectivity index (χ3n) is 3.59. The van der Waals surface area contributed by atoms with Crippen LogP contribution in [-0.4, -0.2) is 36.3 Å². The second kappa shape index (κ2) is 7.88. The van der Waals surface area contributed by atoms with Gasteiger partial charge in [-0.15, -0.1) is 0 Å². The number of hydrogen-bond donors (Lipinski definition) is 0. The Hall–Kier alpha value is -0.750. The lowest BCUT2D eigenvalue weighted by molar-refractivity contribution is 0.0165. The van der Waals surface area contributed by atoms with Crippen molar-refractivity contribution in [2.45, 2.75) is 39.2 Å². The molecule has 23 heavy (non-hydrogen) atoms. The summed E-state index contributed by atoms with van der Waals surface area (Å²) in [7, 11) is 0. The SMILES string of the molecule is CC(C)(C)OC(=O)N1CCC(COc2cc(Br)cc(Br)c2)CC1. The summed E-state index contributed by atoms with van der Waals surface area (Å²) in [5, 5.41) is 0. The number of carbonyl (C=O) groups is 1. The quantitative estimate of drug-likeness (QED) is 0.634. The fourth-order valence-electron chi connectivity index (χ4n) is 2.43. The largest absolute Gasteiger partial charge is 0.493 e. The first kappa shape index (κ1) is 18.6. The van der Waals surface area contributed by atoms with E-state index >= 15 is 0 Å². The van der Waals surface area contributed by atoms with Gasteiger partial charge in [0.1, 0.15) is 11.4 Å². The molecule has 1 heterocycles. The summed E-state index contributed by atoms with van der Waals surface area (Å²) in [6, 6.07) is 5.90. The number of halogens is 2. The first-order valence-corrected chi connectivity index (χ1v) is 9.38. The highest BCUT2D eigenvalue weighted by Gasteiger charge is 2.27. The molecule has 0 N–H and O–H groups in total. The molecule has 1 saturated heterocycles. The van der Waals surface area contributed by atoms with Gasteiger partial charge in [-0.25, -0.2) is 4.79 Å². The Morgan fingerprint density at radius 1 is 1.17 bits per heavy atom. The maximum absolute atomic E-state index is 12.0. The van der Waals surface area contributed by atoms with Gasteiger partial charge in [0.05, 0.1) is 6.61 Å². The van der Waals surface area contributed by atoms with Crippen LogP contribution in [0.4, 0.5) is 4.79 Å². The van der Waals surface area contributed by atoms with Gasteiger partial charge in [-0.05, 0) is 57.7 Å². The van der Waals surface area contributed by atoms with Crippen LogP contribution in [0.2, 0.25) is 0 Å². The smallest absolute Gasteiger partial charge is 0.410 e. The second-order valence-corrected chi connectivity index (χ2v) is 8.66. The highest BCUT2D eigenvalue weighted by Crippen LogP contribution is 2.26. The topological polar surface area (TPSA) is 38.8 Å². The zero-order valence-electron chi connectivity index (χ0n) is 13.8. The minimum Gasteiger partial charge on any atom is -0.493 e. The Morgan fingerprint density at radius 3 is 2.26 bits per heavy atom. The number of rotatable bonds is 3. The van der Waals surface area contributed by atoms with Crippen LogP contribution < -0.4 is 4.74 Å². The van der Waals surface area contributed by atoms with Crippen molar-refractivity contribution in [1.82, 2.24) is 4.90 Å². The van der Waals surface area contributed by atoms with Crippen molar-refractivity contribution < 1.29 is 14.3 Å². The van der Waals surface area contributed by atoms with Gasteiger partial charge in [-0.2, -0.15) is 0 Å². The molecule has 1 aromatic carbocycles. The van der Waals surface area contributed by atoms with E-state index in [-0.39, 0.29) is 6.09 Å². The molecule has 4 nitrogen and oxygen atoms in total. The number of nitrogens with zero attached hydrogens (tertiary/aromatic N) is 1. The average Bonchev–Trinajstić information content (AvgIpc) is 2.43. The Bertz CT molecular complexity index is 529. The molecule has 6 heteroatoms. The van der Waals surface area contributed by atoms with Gasteiger partial charge in [0.15, 0.2) is 0 Å². The number of amides is 1. The van der Waals surface area contributed by atoms with Gasteiger partial charge in [0.2, 0.25) is 0 Å². The fourth-order valence-corrected chi connectivity index (χ4v) is 3.69. The molecule has 0 aliphatic carbocycles. The molecule has 1 fully saturated rings. The molecule has 0 radical (unpaired) electrons. The molecule has 0 bridgehead atoms. The first-order chi connectivity index (χ1) is 10.7. The van der Waals surface area contributed by atoms with E-state index in [1.807, 2.05) is 39.0 Å². The van der Waals surface area contributed by atoms with Crippen molar-refractivity contribution in [1.29, 1.82) is 0 Å². The summed E-state index contributed by atoms with van der Waals surface area (Å²) in [5.74, 6) is 1.31. The Labute approximate surface area is 154 Å². The highest BCUT2D eigenvalue weighted by molar-refractivity contribution is 9.11. The third kappa shape index (κ3) is 6.34. The number of benzene rings is 1. The molecule has 1 aliphatic rings. The fraction of sp³-hybridized carbons (Fsp3) is 0.588. The standard InChI is InChI=1S/C17H23Br2NO3/c1-17(2,3)23-16(21)20-6-4-12(5-7-20)11-22-15-9-13(18)8-14(19)10-15/h8-10,12H,4-7,11H2,1-3H3. The second-order valence-electron chi connectivity index (χ2n) is 6.83. The van der Waals surface area contributed by atoms with E-state index in [0.29, 0.717) is 12.5 Å². The molecule has 0 spiro atoms. The molecule has 0 aromatic heterocycles. The first-order valence-electron chi connectivity index (χ1n) is 7.80. The summed E-state index contributed by atoms with van der Waals surface area (Å²) < 4.78 is 13.3. The van der Waals surface area contributed by atoms with Gasteiger partial charge < -0.3 is 14.4 Å². The van der Waals surface area contributed by atoms with Gasteiger partial charge in [-0.1, -0.05) is 31.9 Å². The molecular formula is C17H23Br2NO3. The van der Waals surface area contributed by atoms with Crippen molar-refractivity contribution in [3.05, 3.63) is 27.1 Å². The number of hydrogen-bond acceptors (Lipinski definition) is 3. The van der Waals surface area contributed by atoms with Crippen molar-refractivity contribution in [3.8, 4) is 5.75 Å². The molecule has 128 valence electrons. The van der Waals surface area contributed by atoms with Gasteiger partial charge in [0.25, 0.3) is 0 Å². The van der Waals surface area contributed by atoms with Gasteiger partial charge in [0, 0.05) is 22.0 Å². The average molecular weight is 449 g/mol. The molecule has 0 unspecified atom stereocenters. The van der Waals surface area contributed by atoms with Crippen molar-refractivity contribution in [3.63, 3.8) is 0 Å². The van der Waals surface area contributed by atoms with Crippen LogP contribution in [0, 0.1) is 5.92 Å². The van der Waals surface area contributed by atoms with E-state index in [1.165, 1.54) is 0 Å². The molecule has 1 amide bonds. The van der Waals surface area contributed by atoms with E-state index in [1.54, 1.807) is 4.90 Å². The van der Waals surface area contributed by atoms with Gasteiger partial charge >= 0.3 is 6.09 Å². The van der Waals surface area contributed by atoms with Crippen molar-refractivity contribution >= 4 is 38.0 Å². The number of likely N-dealkylation sites (tertiary alicyclic amines) is 1. The zero-order valence-corrected chi connectivity index (χ0v) is 16.9. The number of piperidine rings is 1. The minimum absolute atomic E-state index is 0.215. The van der Waals surface area contributed by atoms with Crippen LogP contribution >= 0.6 is 31.9 Å². The van der Waals surface area contributed by atoms with E-state index in [0.717, 1.165) is 40.6 Å². The van der Waals surface area contributed by atoms with Crippen LogP contribution in [0.3, 0.4) is 0 Å². The van der Waals surface area contributed by atoms with Crippen LogP contribution in [-0.2, 0) is 4.74 Å². The summed E-state index contributed by atoms with van der Waals surface area (Å²) >= 11 is 6.92. The lowest BCUT2D eigenvalue weighted by Crippen LogP contribution is -2.42. The third-order valence-corrected chi connectivity index (χ3v) is 4.50. The maximum Gasteiger partial charge on any atom is 0.410 e. The summed E-state index contributed by atoms with van der Waals surface area (Å²) in [4.78, 5) is 13.8. The Kier molecular flexibility index (Phi) is 6.37. The monoisotopic (exact) mass is 447 g/mol. The van der Waals surface area contributed by atoms with Crippen molar-refractivity contribution in [2.75, 3.05) is 19.7 Å². The van der Waals surface area contributed by atoms with Crippen LogP contribution in [0.5, 0.6) is 5.75 Å². The minimum atomic E-state index is -0.439. The molecule has 0 saturated carbocycles. The predicted molar refractivity (Wildman–Crippen MR) is 97.9 cm³/mol. The van der Waals surface area contributed by atoms with E-state index < -0.39 is 5.60 Å². The molecule has 2 rings (SSSR count). The normalized spacial score (nSPS) is 16.3. The highest BCUT2D eigenvalue weighted by atomic mass is 79.9. The zero-order chi connectivity index (χ0) is 17.0. The number of carbonyl (C=O) groups excluding carboxylic acids is 1. The van der Waals surface area contributed by atoms with Crippen LogP contribution in [0.25, 0.3) is 0 Å². The van der Waals surface area contributed by atoms with Crippen molar-refractivity contribution in [2.24, 2.45) is 5.92 Å². The lowest BCUT2D eigenvalue weighted by Gasteiger charge is -2.33. The maximum atomic E-state index is 12.0. The Morgan fingerprint density at radius 2 is 1.74 bits per heavy atom. The lowest BCUT2D eigenvalue weighted by atomic mass is 9.98. The van der Waals surface area contributed by atoms with E-state index in [9.17, 15) is 4.79 Å². The van der Waals surface area contributed by atoms with Gasteiger partial charge in [-0.3, -0.25) is 0 Å². The van der Waals surface area contributed by atoms with E-state index in [2.05, 4.69) is 31.9 Å².